The monoisotopic (exact) mass is 702 g/mol. The molecule has 4 heterocycles. The van der Waals surface area contributed by atoms with Crippen LogP contribution in [-0.2, 0) is 0 Å². The molecule has 0 radical (unpaired) electrons. The van der Waals surface area contributed by atoms with Crippen LogP contribution >= 0.6 is 0 Å². The van der Waals surface area contributed by atoms with Crippen molar-refractivity contribution in [3.8, 4) is 33.6 Å². The van der Waals surface area contributed by atoms with Crippen LogP contribution in [-0.4, -0.2) is 19.1 Å². The number of para-hydroxylation sites is 4. The van der Waals surface area contributed by atoms with E-state index in [-0.39, 0.29) is 0 Å². The molecule has 256 valence electrons. The Balaban J connectivity index is 0.959. The van der Waals surface area contributed by atoms with Crippen molar-refractivity contribution < 1.29 is 4.42 Å². The lowest BCUT2D eigenvalue weighted by atomic mass is 10.0. The first-order chi connectivity index (χ1) is 27.2. The van der Waals surface area contributed by atoms with Crippen LogP contribution < -0.4 is 0 Å². The molecule has 0 atom stereocenters. The molecule has 0 saturated heterocycles. The van der Waals surface area contributed by atoms with E-state index < -0.39 is 0 Å². The van der Waals surface area contributed by atoms with Crippen LogP contribution in [0.5, 0.6) is 0 Å². The minimum absolute atomic E-state index is 0.541. The van der Waals surface area contributed by atoms with Crippen LogP contribution in [0.4, 0.5) is 0 Å². The van der Waals surface area contributed by atoms with Gasteiger partial charge >= 0.3 is 0 Å². The summed E-state index contributed by atoms with van der Waals surface area (Å²) in [5, 5.41) is 5.95. The molecule has 12 rings (SSSR count). The zero-order valence-electron chi connectivity index (χ0n) is 29.5. The van der Waals surface area contributed by atoms with Crippen LogP contribution in [0, 0.1) is 0 Å². The van der Waals surface area contributed by atoms with Crippen molar-refractivity contribution in [1.29, 1.82) is 0 Å². The molecular weight excluding hydrogens is 673 g/mol. The van der Waals surface area contributed by atoms with Crippen LogP contribution in [0.25, 0.3) is 110 Å². The fourth-order valence-electron chi connectivity index (χ4n) is 8.60. The highest BCUT2D eigenvalue weighted by Crippen LogP contribution is 2.37. The Morgan fingerprint density at radius 2 is 0.818 bits per heavy atom. The summed E-state index contributed by atoms with van der Waals surface area (Å²) < 4.78 is 11.0. The highest BCUT2D eigenvalue weighted by Gasteiger charge is 2.17. The maximum Gasteiger partial charge on any atom is 0.246 e. The Morgan fingerprint density at radius 3 is 1.36 bits per heavy atom. The van der Waals surface area contributed by atoms with E-state index in [1.54, 1.807) is 0 Å². The van der Waals surface area contributed by atoms with E-state index in [1.807, 2.05) is 12.1 Å². The van der Waals surface area contributed by atoms with Crippen LogP contribution in [0.1, 0.15) is 0 Å². The third kappa shape index (κ3) is 4.53. The van der Waals surface area contributed by atoms with Crippen molar-refractivity contribution in [3.63, 3.8) is 0 Å². The molecule has 0 aliphatic carbocycles. The van der Waals surface area contributed by atoms with Gasteiger partial charge in [-0.25, -0.2) is 9.97 Å². The maximum atomic E-state index is 6.29. The lowest BCUT2D eigenvalue weighted by Gasteiger charge is -2.11. The Hall–Kier alpha value is -7.50. The number of hydrogen-bond donors (Lipinski definition) is 0. The summed E-state index contributed by atoms with van der Waals surface area (Å²) in [5.74, 6) is 0. The van der Waals surface area contributed by atoms with Gasteiger partial charge in [-0.1, -0.05) is 109 Å². The van der Waals surface area contributed by atoms with E-state index in [1.165, 1.54) is 43.6 Å². The molecule has 0 saturated carbocycles. The van der Waals surface area contributed by atoms with Gasteiger partial charge in [-0.05, 0) is 95.1 Å². The van der Waals surface area contributed by atoms with Gasteiger partial charge in [0.05, 0.1) is 33.1 Å². The molecule has 0 N–H and O–H groups in total. The average Bonchev–Trinajstić information content (AvgIpc) is 3.90. The van der Waals surface area contributed by atoms with Crippen LogP contribution in [0.15, 0.2) is 186 Å². The largest absolute Gasteiger partial charge is 0.436 e. The molecular formula is C50H30N4O. The van der Waals surface area contributed by atoms with Crippen molar-refractivity contribution in [2.24, 2.45) is 0 Å². The molecule has 8 aromatic carbocycles. The Kier molecular flexibility index (Phi) is 6.27. The first kappa shape index (κ1) is 30.0. The number of nitrogens with zero attached hydrogens (tertiary/aromatic N) is 4. The fraction of sp³-hybridized carbons (Fsp3) is 0. The summed E-state index contributed by atoms with van der Waals surface area (Å²) in [4.78, 5) is 10.1. The van der Waals surface area contributed by atoms with E-state index in [4.69, 9.17) is 14.4 Å². The third-order valence-corrected chi connectivity index (χ3v) is 11.1. The fourth-order valence-corrected chi connectivity index (χ4v) is 8.60. The van der Waals surface area contributed by atoms with Crippen molar-refractivity contribution in [2.75, 3.05) is 0 Å². The number of furan rings is 1. The number of benzene rings is 8. The van der Waals surface area contributed by atoms with Gasteiger partial charge in [-0.15, -0.1) is 0 Å². The van der Waals surface area contributed by atoms with E-state index in [0.717, 1.165) is 61.1 Å². The lowest BCUT2D eigenvalue weighted by Crippen LogP contribution is -1.94. The second kappa shape index (κ2) is 11.5. The number of rotatable bonds is 4. The predicted octanol–water partition coefficient (Wildman–Crippen LogP) is 13.1. The topological polar surface area (TPSA) is 48.8 Å². The van der Waals surface area contributed by atoms with Gasteiger partial charge in [0.25, 0.3) is 0 Å². The van der Waals surface area contributed by atoms with E-state index in [2.05, 4.69) is 179 Å². The Bertz CT molecular complexity index is 3400. The molecule has 0 aliphatic heterocycles. The van der Waals surface area contributed by atoms with Crippen molar-refractivity contribution in [3.05, 3.63) is 182 Å². The normalized spacial score (nSPS) is 12.0. The van der Waals surface area contributed by atoms with E-state index in [9.17, 15) is 0 Å². The summed E-state index contributed by atoms with van der Waals surface area (Å²) >= 11 is 0. The molecule has 0 amide bonds. The van der Waals surface area contributed by atoms with Gasteiger partial charge in [0.1, 0.15) is 11.1 Å². The quantitative estimate of drug-likeness (QED) is 0.183. The maximum absolute atomic E-state index is 6.29. The third-order valence-electron chi connectivity index (χ3n) is 11.1. The minimum atomic E-state index is 0.541. The standard InChI is InChI=1S/C50H30N4O/c1-5-19-44-37(15-1)38-16-2-6-20-45(38)53(44)35-13-9-11-31(27-35)33-24-26-48-41(29-33)49-50(55-48)52-42-25-23-34(30-43(42)51-49)32-12-10-14-36(28-32)54-46-21-7-3-17-39(46)40-18-4-8-22-47(40)54/h1-30H. The molecule has 55 heavy (non-hydrogen) atoms. The van der Waals surface area contributed by atoms with Gasteiger partial charge in [-0.3, -0.25) is 0 Å². The first-order valence-electron chi connectivity index (χ1n) is 18.6. The highest BCUT2D eigenvalue weighted by molar-refractivity contribution is 6.10. The minimum Gasteiger partial charge on any atom is -0.436 e. The van der Waals surface area contributed by atoms with Crippen molar-refractivity contribution in [1.82, 2.24) is 19.1 Å². The Labute approximate surface area is 315 Å². The van der Waals surface area contributed by atoms with Gasteiger partial charge in [-0.2, -0.15) is 0 Å². The molecule has 0 spiro atoms. The zero-order valence-corrected chi connectivity index (χ0v) is 29.5. The average molecular weight is 703 g/mol. The van der Waals surface area contributed by atoms with Gasteiger partial charge in [0, 0.05) is 38.3 Å². The van der Waals surface area contributed by atoms with E-state index in [0.29, 0.717) is 5.71 Å². The van der Waals surface area contributed by atoms with Crippen LogP contribution in [0.3, 0.4) is 0 Å². The zero-order chi connectivity index (χ0) is 36.0. The molecule has 5 nitrogen and oxygen atoms in total. The number of fused-ring (bicyclic) bond motifs is 10. The van der Waals surface area contributed by atoms with Gasteiger partial charge in [0.2, 0.25) is 5.71 Å². The summed E-state index contributed by atoms with van der Waals surface area (Å²) in [6.07, 6.45) is 0. The second-order valence-corrected chi connectivity index (χ2v) is 14.2. The van der Waals surface area contributed by atoms with Crippen LogP contribution in [0.2, 0.25) is 0 Å². The molecule has 0 bridgehead atoms. The lowest BCUT2D eigenvalue weighted by molar-refractivity contribution is 0.655. The second-order valence-electron chi connectivity index (χ2n) is 14.2. The molecule has 0 fully saturated rings. The molecule has 0 unspecified atom stereocenters. The number of aromatic nitrogens is 4. The SMILES string of the molecule is c1cc(-c2ccc3nc4oc5ccc(-c6cccc(-n7c8ccccc8c8ccccc87)c6)cc5c4nc3c2)cc(-n2c3ccccc3c3ccccc32)c1. The van der Waals surface area contributed by atoms with Gasteiger partial charge in [0.15, 0.2) is 0 Å². The Morgan fingerprint density at radius 1 is 0.345 bits per heavy atom. The molecule has 4 aromatic heterocycles. The molecule has 12 aromatic rings. The first-order valence-corrected chi connectivity index (χ1v) is 18.6. The van der Waals surface area contributed by atoms with Gasteiger partial charge < -0.3 is 13.6 Å². The summed E-state index contributed by atoms with van der Waals surface area (Å²) in [5.41, 5.74) is 15.1. The summed E-state index contributed by atoms with van der Waals surface area (Å²) in [7, 11) is 0. The molecule has 0 aliphatic rings. The smallest absolute Gasteiger partial charge is 0.246 e. The summed E-state index contributed by atoms with van der Waals surface area (Å²) in [6, 6.07) is 64.6. The van der Waals surface area contributed by atoms with E-state index >= 15 is 0 Å². The highest BCUT2D eigenvalue weighted by atomic mass is 16.3. The predicted molar refractivity (Wildman–Crippen MR) is 226 cm³/mol. The van der Waals surface area contributed by atoms with Crippen molar-refractivity contribution >= 4 is 76.8 Å². The molecule has 5 heteroatoms. The number of hydrogen-bond acceptors (Lipinski definition) is 3. The summed E-state index contributed by atoms with van der Waals surface area (Å²) in [6.45, 7) is 0. The van der Waals surface area contributed by atoms with Crippen molar-refractivity contribution in [2.45, 2.75) is 0 Å².